The molecule has 150 valence electrons. The monoisotopic (exact) mass is 400 g/mol. The summed E-state index contributed by atoms with van der Waals surface area (Å²) in [7, 11) is 0. The van der Waals surface area contributed by atoms with Crippen LogP contribution >= 0.6 is 0 Å². The van der Waals surface area contributed by atoms with E-state index in [1.54, 1.807) is 0 Å². The van der Waals surface area contributed by atoms with E-state index in [0.29, 0.717) is 12.8 Å². The van der Waals surface area contributed by atoms with Crippen LogP contribution in [0.1, 0.15) is 35.6 Å². The number of allylic oxidation sites excluding steroid dienone is 1. The highest BCUT2D eigenvalue weighted by molar-refractivity contribution is 5.88. The lowest BCUT2D eigenvalue weighted by molar-refractivity contribution is 0.496. The molecule has 2 N–H and O–H groups in total. The Bertz CT molecular complexity index is 1060. The van der Waals surface area contributed by atoms with E-state index in [4.69, 9.17) is 5.73 Å². The predicted molar refractivity (Wildman–Crippen MR) is 108 cm³/mol. The lowest BCUT2D eigenvalue weighted by Crippen LogP contribution is -1.97. The Morgan fingerprint density at radius 1 is 1.07 bits per heavy atom. The zero-order chi connectivity index (χ0) is 21.6. The summed E-state index contributed by atoms with van der Waals surface area (Å²) in [4.78, 5) is 3.94. The minimum Gasteiger partial charge on any atom is -0.404 e. The van der Waals surface area contributed by atoms with Crippen LogP contribution in [0.15, 0.2) is 47.6 Å². The van der Waals surface area contributed by atoms with Crippen LogP contribution in [0.2, 0.25) is 0 Å². The molecule has 0 amide bonds. The first-order valence-corrected chi connectivity index (χ1v) is 8.88. The lowest BCUT2D eigenvalue weighted by atomic mass is 10.1. The van der Waals surface area contributed by atoms with Gasteiger partial charge in [-0.2, -0.15) is 0 Å². The van der Waals surface area contributed by atoms with Crippen molar-refractivity contribution in [2.24, 2.45) is 10.7 Å². The molecular weight excluding hydrogens is 380 g/mol. The van der Waals surface area contributed by atoms with Crippen molar-refractivity contribution in [1.82, 2.24) is 0 Å². The molecular formula is C23H20F4N2. The largest absolute Gasteiger partial charge is 0.404 e. The number of benzene rings is 2. The number of nitrogens with zero attached hydrogens (tertiary/aromatic N) is 1. The second-order valence-corrected chi connectivity index (χ2v) is 6.29. The number of aliphatic imine (C=N–C) groups is 1. The second-order valence-electron chi connectivity index (χ2n) is 6.29. The van der Waals surface area contributed by atoms with E-state index in [9.17, 15) is 17.6 Å². The third kappa shape index (κ3) is 5.14. The molecule has 0 saturated carbocycles. The van der Waals surface area contributed by atoms with Gasteiger partial charge in [0, 0.05) is 18.0 Å². The minimum absolute atomic E-state index is 0.0382. The van der Waals surface area contributed by atoms with Crippen LogP contribution in [0, 0.1) is 42.0 Å². The zero-order valence-electron chi connectivity index (χ0n) is 16.1. The molecule has 6 heteroatoms. The van der Waals surface area contributed by atoms with Crippen molar-refractivity contribution in [3.63, 3.8) is 0 Å². The van der Waals surface area contributed by atoms with Gasteiger partial charge in [-0.3, -0.25) is 4.99 Å². The molecule has 0 atom stereocenters. The van der Waals surface area contributed by atoms with Crippen molar-refractivity contribution in [3.05, 3.63) is 88.1 Å². The number of hydrogen-bond donors (Lipinski definition) is 1. The molecule has 0 aliphatic rings. The summed E-state index contributed by atoms with van der Waals surface area (Å²) in [6.45, 7) is 6.91. The molecule has 0 aliphatic carbocycles. The first-order chi connectivity index (χ1) is 13.8. The van der Waals surface area contributed by atoms with E-state index >= 15 is 0 Å². The minimum atomic E-state index is -1.05. The summed E-state index contributed by atoms with van der Waals surface area (Å²) < 4.78 is 55.8. The van der Waals surface area contributed by atoms with Crippen molar-refractivity contribution in [2.75, 3.05) is 0 Å². The molecule has 0 heterocycles. The van der Waals surface area contributed by atoms with Gasteiger partial charge in [-0.25, -0.2) is 17.6 Å². The van der Waals surface area contributed by atoms with Gasteiger partial charge >= 0.3 is 0 Å². The van der Waals surface area contributed by atoms with Gasteiger partial charge in [0.05, 0.1) is 16.8 Å². The highest BCUT2D eigenvalue weighted by atomic mass is 19.2. The van der Waals surface area contributed by atoms with Gasteiger partial charge in [-0.05, 0) is 36.6 Å². The maximum atomic E-state index is 14.1. The van der Waals surface area contributed by atoms with Crippen LogP contribution in [0.5, 0.6) is 0 Å². The fraction of sp³-hybridized carbons (Fsp3) is 0.174. The first-order valence-electron chi connectivity index (χ1n) is 8.88. The molecule has 29 heavy (non-hydrogen) atoms. The number of rotatable bonds is 5. The fourth-order valence-corrected chi connectivity index (χ4v) is 2.49. The maximum absolute atomic E-state index is 14.1. The average Bonchev–Trinajstić information content (AvgIpc) is 2.71. The molecule has 0 unspecified atom stereocenters. The molecule has 0 aliphatic heterocycles. The molecule has 0 spiro atoms. The number of halogens is 4. The third-order valence-corrected chi connectivity index (χ3v) is 4.15. The SMILES string of the molecule is C=C(/N=C\C(C#Cc1ccc(CCC)c(F)c1F)=C/N)c1ccc(C)c(F)c1F. The number of hydrogen-bond acceptors (Lipinski definition) is 2. The van der Waals surface area contributed by atoms with Crippen molar-refractivity contribution in [2.45, 2.75) is 26.7 Å². The lowest BCUT2D eigenvalue weighted by Gasteiger charge is -2.05. The van der Waals surface area contributed by atoms with E-state index in [0.717, 1.165) is 6.20 Å². The Morgan fingerprint density at radius 3 is 2.45 bits per heavy atom. The molecule has 0 radical (unpaired) electrons. The van der Waals surface area contributed by atoms with Gasteiger partial charge in [-0.15, -0.1) is 0 Å². The van der Waals surface area contributed by atoms with Crippen molar-refractivity contribution in [1.29, 1.82) is 0 Å². The Labute approximate surface area is 167 Å². The van der Waals surface area contributed by atoms with E-state index in [1.165, 1.54) is 37.4 Å². The standard InChI is InChI=1S/C23H20F4N2/c1-4-5-17-9-10-18(22(26)21(17)25)8-7-16(12-28)13-29-15(3)19-11-6-14(2)20(24)23(19)27/h6,9-13H,3-5,28H2,1-2H3/b16-12-,29-13-. The van der Waals surface area contributed by atoms with Crippen molar-refractivity contribution >= 4 is 11.9 Å². The van der Waals surface area contributed by atoms with E-state index in [1.807, 2.05) is 6.92 Å². The molecule has 0 bridgehead atoms. The molecule has 0 aromatic heterocycles. The second kappa shape index (κ2) is 9.74. The van der Waals surface area contributed by atoms with Crippen molar-refractivity contribution < 1.29 is 17.6 Å². The van der Waals surface area contributed by atoms with E-state index < -0.39 is 23.3 Å². The van der Waals surface area contributed by atoms with Crippen LogP contribution in [0.4, 0.5) is 17.6 Å². The summed E-state index contributed by atoms with van der Waals surface area (Å²) in [5.41, 5.74) is 5.83. The Hall–Kier alpha value is -3.33. The summed E-state index contributed by atoms with van der Waals surface area (Å²) in [6, 6.07) is 5.65. The Balaban J connectivity index is 2.24. The van der Waals surface area contributed by atoms with Crippen LogP contribution in [-0.2, 0) is 6.42 Å². The summed E-state index contributed by atoms with van der Waals surface area (Å²) in [5, 5.41) is 0. The first kappa shape index (κ1) is 22.0. The molecule has 0 saturated heterocycles. The average molecular weight is 400 g/mol. The quantitative estimate of drug-likeness (QED) is 0.405. The zero-order valence-corrected chi connectivity index (χ0v) is 16.1. The highest BCUT2D eigenvalue weighted by Crippen LogP contribution is 2.22. The van der Waals surface area contributed by atoms with Crippen molar-refractivity contribution in [3.8, 4) is 11.8 Å². The van der Waals surface area contributed by atoms with E-state index in [2.05, 4.69) is 23.4 Å². The Kier molecular flexibility index (Phi) is 7.38. The van der Waals surface area contributed by atoms with Gasteiger partial charge < -0.3 is 5.73 Å². The van der Waals surface area contributed by atoms with Gasteiger partial charge in [-0.1, -0.05) is 43.9 Å². The normalized spacial score (nSPS) is 11.4. The topological polar surface area (TPSA) is 38.4 Å². The predicted octanol–water partition coefficient (Wildman–Crippen LogP) is 5.44. The molecule has 2 rings (SSSR count). The van der Waals surface area contributed by atoms with Gasteiger partial charge in [0.1, 0.15) is 0 Å². The maximum Gasteiger partial charge on any atom is 0.174 e. The molecule has 0 fully saturated rings. The Morgan fingerprint density at radius 2 is 1.79 bits per heavy atom. The highest BCUT2D eigenvalue weighted by Gasteiger charge is 2.13. The fourth-order valence-electron chi connectivity index (χ4n) is 2.49. The van der Waals surface area contributed by atoms with Gasteiger partial charge in [0.15, 0.2) is 23.3 Å². The summed E-state index contributed by atoms with van der Waals surface area (Å²) in [5.74, 6) is 1.09. The molecule has 2 aromatic carbocycles. The van der Waals surface area contributed by atoms with Crippen LogP contribution in [0.25, 0.3) is 5.70 Å². The van der Waals surface area contributed by atoms with Crippen LogP contribution in [-0.4, -0.2) is 6.21 Å². The third-order valence-electron chi connectivity index (χ3n) is 4.15. The molecule has 2 nitrogen and oxygen atoms in total. The van der Waals surface area contributed by atoms with Crippen LogP contribution in [0.3, 0.4) is 0 Å². The van der Waals surface area contributed by atoms with Gasteiger partial charge in [0.2, 0.25) is 0 Å². The smallest absolute Gasteiger partial charge is 0.174 e. The number of nitrogens with two attached hydrogens (primary N) is 1. The summed E-state index contributed by atoms with van der Waals surface area (Å²) >= 11 is 0. The molecule has 2 aromatic rings. The van der Waals surface area contributed by atoms with Crippen LogP contribution < -0.4 is 5.73 Å². The van der Waals surface area contributed by atoms with Gasteiger partial charge in [0.25, 0.3) is 0 Å². The number of aryl methyl sites for hydroxylation is 2. The van der Waals surface area contributed by atoms with E-state index in [-0.39, 0.29) is 33.5 Å². The summed E-state index contributed by atoms with van der Waals surface area (Å²) in [6.07, 6.45) is 3.41.